The molecule has 0 aromatic heterocycles. The van der Waals surface area contributed by atoms with Crippen LogP contribution in [-0.2, 0) is 4.79 Å². The van der Waals surface area contributed by atoms with Crippen molar-refractivity contribution >= 4 is 5.78 Å². The first-order chi connectivity index (χ1) is 12.5. The minimum atomic E-state index is -0.0393. The number of hydrogen-bond acceptors (Lipinski definition) is 2. The Balaban J connectivity index is 2.89. The smallest absolute Gasteiger partial charge is 0.182 e. The van der Waals surface area contributed by atoms with Crippen molar-refractivity contribution in [2.45, 2.75) is 62.3 Å². The molecule has 148 valence electrons. The Morgan fingerprint density at radius 2 is 1.37 bits per heavy atom. The van der Waals surface area contributed by atoms with Crippen LogP contribution in [-0.4, -0.2) is 10.9 Å². The van der Waals surface area contributed by atoms with Gasteiger partial charge in [-0.1, -0.05) is 55.4 Å². The number of ketones is 1. The van der Waals surface area contributed by atoms with Gasteiger partial charge in [-0.25, -0.2) is 0 Å². The van der Waals surface area contributed by atoms with E-state index in [1.807, 2.05) is 12.2 Å². The van der Waals surface area contributed by atoms with E-state index >= 15 is 0 Å². The Hall–Kier alpha value is -1.83. The first kappa shape index (κ1) is 21.5. The molecule has 27 heavy (non-hydrogen) atoms. The van der Waals surface area contributed by atoms with Crippen LogP contribution in [0.3, 0.4) is 0 Å². The fraction of sp³-hybridized carbons (Fsp3) is 0.560. The lowest BCUT2D eigenvalue weighted by molar-refractivity contribution is -0.111. The number of carbonyl (C=O) groups is 1. The maximum Gasteiger partial charge on any atom is 0.182 e. The maximum absolute atomic E-state index is 12.7. The molecule has 2 aliphatic rings. The van der Waals surface area contributed by atoms with E-state index in [1.165, 1.54) is 16.7 Å². The largest absolute Gasteiger partial charge is 0.512 e. The lowest BCUT2D eigenvalue weighted by Crippen LogP contribution is -2.24. The van der Waals surface area contributed by atoms with Crippen LogP contribution >= 0.6 is 0 Å². The summed E-state index contributed by atoms with van der Waals surface area (Å²) in [7, 11) is 0. The fourth-order valence-electron chi connectivity index (χ4n) is 4.31. The SMILES string of the molecule is CC1=C(C(C)C)C=C(O)C(C(C)C)C1=C1C=C(C(C)C)C(=O)C=C1C(C)C. The van der Waals surface area contributed by atoms with Crippen LogP contribution in [0.15, 0.2) is 57.4 Å². The van der Waals surface area contributed by atoms with Crippen molar-refractivity contribution in [3.63, 3.8) is 0 Å². The Morgan fingerprint density at radius 3 is 1.81 bits per heavy atom. The molecule has 0 radical (unpaired) electrons. The molecule has 1 atom stereocenters. The molecular formula is C25H36O2. The molecule has 1 unspecified atom stereocenters. The summed E-state index contributed by atoms with van der Waals surface area (Å²) in [6.07, 6.45) is 5.90. The lowest BCUT2D eigenvalue weighted by atomic mass is 9.70. The molecule has 0 bridgehead atoms. The van der Waals surface area contributed by atoms with E-state index in [4.69, 9.17) is 0 Å². The molecule has 0 heterocycles. The summed E-state index contributed by atoms with van der Waals surface area (Å²) in [5.74, 6) is 1.56. The Bertz CT molecular complexity index is 777. The highest BCUT2D eigenvalue weighted by Gasteiger charge is 2.34. The molecule has 0 spiro atoms. The van der Waals surface area contributed by atoms with Gasteiger partial charge < -0.3 is 5.11 Å². The van der Waals surface area contributed by atoms with Gasteiger partial charge in [0.2, 0.25) is 0 Å². The zero-order chi connectivity index (χ0) is 20.6. The first-order valence-corrected chi connectivity index (χ1v) is 10.3. The molecule has 0 aliphatic heterocycles. The van der Waals surface area contributed by atoms with E-state index in [-0.39, 0.29) is 29.5 Å². The van der Waals surface area contributed by atoms with Gasteiger partial charge in [0.15, 0.2) is 5.78 Å². The minimum absolute atomic E-state index is 0.0393. The summed E-state index contributed by atoms with van der Waals surface area (Å²) in [5.41, 5.74) is 6.71. The molecule has 2 nitrogen and oxygen atoms in total. The minimum Gasteiger partial charge on any atom is -0.512 e. The molecule has 1 N–H and O–H groups in total. The molecule has 0 saturated heterocycles. The van der Waals surface area contributed by atoms with Crippen molar-refractivity contribution in [1.82, 2.24) is 0 Å². The van der Waals surface area contributed by atoms with Crippen molar-refractivity contribution < 1.29 is 9.90 Å². The number of carbonyl (C=O) groups excluding carboxylic acids is 1. The molecule has 0 aromatic rings. The van der Waals surface area contributed by atoms with Gasteiger partial charge >= 0.3 is 0 Å². The molecule has 0 saturated carbocycles. The molecule has 2 aliphatic carbocycles. The van der Waals surface area contributed by atoms with Crippen LogP contribution in [0.1, 0.15) is 62.3 Å². The quantitative estimate of drug-likeness (QED) is 0.597. The highest BCUT2D eigenvalue weighted by molar-refractivity contribution is 6.07. The summed E-state index contributed by atoms with van der Waals surface area (Å²) >= 11 is 0. The zero-order valence-electron chi connectivity index (χ0n) is 18.5. The zero-order valence-corrected chi connectivity index (χ0v) is 18.5. The van der Waals surface area contributed by atoms with Crippen molar-refractivity contribution in [2.75, 3.05) is 0 Å². The van der Waals surface area contributed by atoms with Crippen LogP contribution in [0, 0.1) is 29.6 Å². The second kappa shape index (κ2) is 8.04. The second-order valence-electron chi connectivity index (χ2n) is 9.23. The van der Waals surface area contributed by atoms with Crippen molar-refractivity contribution in [3.8, 4) is 0 Å². The Labute approximate surface area is 165 Å². The maximum atomic E-state index is 12.7. The van der Waals surface area contributed by atoms with Gasteiger partial charge in [0.1, 0.15) is 5.76 Å². The number of aliphatic hydroxyl groups is 1. The van der Waals surface area contributed by atoms with Crippen LogP contribution in [0.4, 0.5) is 0 Å². The van der Waals surface area contributed by atoms with Gasteiger partial charge in [0.25, 0.3) is 0 Å². The van der Waals surface area contributed by atoms with Gasteiger partial charge in [-0.15, -0.1) is 0 Å². The molecule has 2 rings (SSSR count). The molecular weight excluding hydrogens is 332 g/mol. The highest BCUT2D eigenvalue weighted by atomic mass is 16.3. The lowest BCUT2D eigenvalue weighted by Gasteiger charge is -2.34. The van der Waals surface area contributed by atoms with Crippen molar-refractivity contribution in [2.24, 2.45) is 29.6 Å². The summed E-state index contributed by atoms with van der Waals surface area (Å²) in [5, 5.41) is 10.9. The van der Waals surface area contributed by atoms with Crippen molar-refractivity contribution in [3.05, 3.63) is 57.4 Å². The van der Waals surface area contributed by atoms with E-state index in [0.717, 1.165) is 16.7 Å². The fourth-order valence-corrected chi connectivity index (χ4v) is 4.31. The number of hydrogen-bond donors (Lipinski definition) is 1. The molecule has 0 amide bonds. The third-order valence-electron chi connectivity index (χ3n) is 5.77. The average molecular weight is 369 g/mol. The summed E-state index contributed by atoms with van der Waals surface area (Å²) in [6.45, 7) is 19.2. The van der Waals surface area contributed by atoms with Crippen LogP contribution in [0.25, 0.3) is 0 Å². The highest BCUT2D eigenvalue weighted by Crippen LogP contribution is 2.45. The van der Waals surface area contributed by atoms with E-state index in [2.05, 4.69) is 68.4 Å². The topological polar surface area (TPSA) is 37.3 Å². The Morgan fingerprint density at radius 1 is 0.815 bits per heavy atom. The number of rotatable bonds is 4. The second-order valence-corrected chi connectivity index (χ2v) is 9.23. The third-order valence-corrected chi connectivity index (χ3v) is 5.77. The van der Waals surface area contributed by atoms with Crippen LogP contribution < -0.4 is 0 Å². The van der Waals surface area contributed by atoms with E-state index in [0.29, 0.717) is 11.7 Å². The predicted molar refractivity (Wildman–Crippen MR) is 114 cm³/mol. The van der Waals surface area contributed by atoms with Crippen LogP contribution in [0.2, 0.25) is 0 Å². The molecule has 0 fully saturated rings. The molecule has 0 aromatic carbocycles. The summed E-state index contributed by atoms with van der Waals surface area (Å²) in [6, 6.07) is 0. The normalized spacial score (nSPS) is 24.3. The van der Waals surface area contributed by atoms with Gasteiger partial charge in [-0.2, -0.15) is 0 Å². The van der Waals surface area contributed by atoms with Gasteiger partial charge in [-0.3, -0.25) is 4.79 Å². The number of allylic oxidation sites excluding steroid dienone is 9. The standard InChI is InChI=1S/C25H36O2/c1-13(2)18-11-23(27)24(16(7)8)25(17(18)9)21-10-20(15(5)6)22(26)12-19(21)14(3)4/h10-16,24,27H,1-9H3. The van der Waals surface area contributed by atoms with Crippen molar-refractivity contribution in [1.29, 1.82) is 0 Å². The van der Waals surface area contributed by atoms with Gasteiger partial charge in [0, 0.05) is 11.5 Å². The predicted octanol–water partition coefficient (Wildman–Crippen LogP) is 6.73. The third kappa shape index (κ3) is 4.05. The summed E-state index contributed by atoms with van der Waals surface area (Å²) < 4.78 is 0. The average Bonchev–Trinajstić information content (AvgIpc) is 2.55. The van der Waals surface area contributed by atoms with Gasteiger partial charge in [0.05, 0.1) is 0 Å². The first-order valence-electron chi connectivity index (χ1n) is 10.3. The molecule has 2 heteroatoms. The van der Waals surface area contributed by atoms with E-state index in [1.54, 1.807) is 0 Å². The monoisotopic (exact) mass is 368 g/mol. The van der Waals surface area contributed by atoms with Gasteiger partial charge in [-0.05, 0) is 76.7 Å². The van der Waals surface area contributed by atoms with E-state index in [9.17, 15) is 9.90 Å². The van der Waals surface area contributed by atoms with E-state index < -0.39 is 0 Å². The Kier molecular flexibility index (Phi) is 6.39. The summed E-state index contributed by atoms with van der Waals surface area (Å²) in [4.78, 5) is 12.7. The number of aliphatic hydroxyl groups excluding tert-OH is 1. The van der Waals surface area contributed by atoms with Crippen LogP contribution in [0.5, 0.6) is 0 Å².